The van der Waals surface area contributed by atoms with E-state index in [1.165, 1.54) is 0 Å². The van der Waals surface area contributed by atoms with Crippen LogP contribution in [-0.4, -0.2) is 30.4 Å². The second-order valence-corrected chi connectivity index (χ2v) is 5.22. The minimum atomic E-state index is 0.0966. The third kappa shape index (κ3) is 3.73. The average molecular weight is 299 g/mol. The molecule has 4 heteroatoms. The molecule has 0 unspecified atom stereocenters. The van der Waals surface area contributed by atoms with Crippen molar-refractivity contribution in [1.29, 1.82) is 0 Å². The number of hydrogen-bond acceptors (Lipinski definition) is 2. The van der Waals surface area contributed by atoms with Crippen molar-refractivity contribution < 1.29 is 4.79 Å². The maximum Gasteiger partial charge on any atom is 0.241 e. The fourth-order valence-electron chi connectivity index (χ4n) is 1.38. The van der Waals surface area contributed by atoms with Gasteiger partial charge in [-0.3, -0.25) is 4.79 Å². The predicted octanol–water partition coefficient (Wildman–Crippen LogP) is 3.04. The number of rotatable bonds is 4. The molecule has 3 nitrogen and oxygen atoms in total. The van der Waals surface area contributed by atoms with Crippen molar-refractivity contribution in [3.63, 3.8) is 0 Å². The molecular weight excluding hydrogens is 280 g/mol. The van der Waals surface area contributed by atoms with Gasteiger partial charge in [0.1, 0.15) is 0 Å². The summed E-state index contributed by atoms with van der Waals surface area (Å²) in [6.45, 7) is 6.35. The van der Waals surface area contributed by atoms with Gasteiger partial charge in [0.25, 0.3) is 0 Å². The van der Waals surface area contributed by atoms with E-state index in [0.29, 0.717) is 6.54 Å². The highest BCUT2D eigenvalue weighted by molar-refractivity contribution is 9.10. The lowest BCUT2D eigenvalue weighted by Gasteiger charge is -2.22. The highest BCUT2D eigenvalue weighted by Gasteiger charge is 2.11. The van der Waals surface area contributed by atoms with Crippen LogP contribution in [0.25, 0.3) is 0 Å². The van der Waals surface area contributed by atoms with Crippen LogP contribution in [0.3, 0.4) is 0 Å². The van der Waals surface area contributed by atoms with Crippen molar-refractivity contribution in [1.82, 2.24) is 4.90 Å². The monoisotopic (exact) mass is 298 g/mol. The van der Waals surface area contributed by atoms with Crippen molar-refractivity contribution in [2.45, 2.75) is 26.8 Å². The Bertz CT molecular complexity index is 404. The Kier molecular flexibility index (Phi) is 5.00. The van der Waals surface area contributed by atoms with Crippen molar-refractivity contribution in [2.75, 3.05) is 18.9 Å². The molecule has 94 valence electrons. The summed E-state index contributed by atoms with van der Waals surface area (Å²) in [5.41, 5.74) is 2.11. The number of nitrogens with one attached hydrogen (secondary N) is 1. The Morgan fingerprint density at radius 1 is 1.47 bits per heavy atom. The first kappa shape index (κ1) is 14.0. The summed E-state index contributed by atoms with van der Waals surface area (Å²) in [4.78, 5) is 13.5. The summed E-state index contributed by atoms with van der Waals surface area (Å²) in [5.74, 6) is 0.0966. The Hall–Kier alpha value is -1.03. The number of amides is 1. The standard InChI is InChI=1S/C13H19BrN2O/c1-9(2)16(4)13(17)8-15-12-7-5-6-11(14)10(12)3/h5-7,9,15H,8H2,1-4H3. The molecule has 0 saturated heterocycles. The zero-order chi connectivity index (χ0) is 13.0. The summed E-state index contributed by atoms with van der Waals surface area (Å²) in [5, 5.41) is 3.17. The molecule has 1 amide bonds. The van der Waals surface area contributed by atoms with Crippen molar-refractivity contribution in [3.05, 3.63) is 28.2 Å². The smallest absolute Gasteiger partial charge is 0.241 e. The molecule has 0 spiro atoms. The number of anilines is 1. The van der Waals surface area contributed by atoms with E-state index in [9.17, 15) is 4.79 Å². The Labute approximate surface area is 111 Å². The second-order valence-electron chi connectivity index (χ2n) is 4.36. The van der Waals surface area contributed by atoms with Gasteiger partial charge >= 0.3 is 0 Å². The van der Waals surface area contributed by atoms with Crippen LogP contribution in [0.2, 0.25) is 0 Å². The molecule has 1 rings (SSSR count). The van der Waals surface area contributed by atoms with Gasteiger partial charge in [-0.1, -0.05) is 22.0 Å². The molecule has 17 heavy (non-hydrogen) atoms. The molecule has 0 fully saturated rings. The number of halogens is 1. The first-order chi connectivity index (χ1) is 7.93. The topological polar surface area (TPSA) is 32.3 Å². The molecule has 0 bridgehead atoms. The summed E-state index contributed by atoms with van der Waals surface area (Å²) in [6, 6.07) is 6.15. The van der Waals surface area contributed by atoms with Gasteiger partial charge in [-0.15, -0.1) is 0 Å². The molecule has 0 atom stereocenters. The van der Waals surface area contributed by atoms with Crippen LogP contribution in [0.1, 0.15) is 19.4 Å². The van der Waals surface area contributed by atoms with Gasteiger partial charge in [0, 0.05) is 23.2 Å². The lowest BCUT2D eigenvalue weighted by molar-refractivity contribution is -0.129. The molecule has 1 aromatic rings. The maximum atomic E-state index is 11.8. The lowest BCUT2D eigenvalue weighted by Crippen LogP contribution is -2.37. The van der Waals surface area contributed by atoms with E-state index in [0.717, 1.165) is 15.7 Å². The van der Waals surface area contributed by atoms with Crippen LogP contribution in [0, 0.1) is 6.92 Å². The molecule has 0 heterocycles. The molecular formula is C13H19BrN2O. The van der Waals surface area contributed by atoms with E-state index in [1.807, 2.05) is 46.0 Å². The first-order valence-corrected chi connectivity index (χ1v) is 6.47. The molecule has 0 saturated carbocycles. The van der Waals surface area contributed by atoms with Crippen molar-refractivity contribution in [2.24, 2.45) is 0 Å². The van der Waals surface area contributed by atoms with Crippen LogP contribution in [-0.2, 0) is 4.79 Å². The summed E-state index contributed by atoms with van der Waals surface area (Å²) >= 11 is 3.47. The van der Waals surface area contributed by atoms with Gasteiger partial charge in [-0.05, 0) is 38.5 Å². The van der Waals surface area contributed by atoms with Crippen molar-refractivity contribution in [3.8, 4) is 0 Å². The number of benzene rings is 1. The van der Waals surface area contributed by atoms with E-state index >= 15 is 0 Å². The highest BCUT2D eigenvalue weighted by atomic mass is 79.9. The second kappa shape index (κ2) is 6.05. The number of carbonyl (C=O) groups is 1. The predicted molar refractivity (Wildman–Crippen MR) is 75.3 cm³/mol. The van der Waals surface area contributed by atoms with E-state index in [4.69, 9.17) is 0 Å². The average Bonchev–Trinajstić information content (AvgIpc) is 2.29. The highest BCUT2D eigenvalue weighted by Crippen LogP contribution is 2.23. The first-order valence-electron chi connectivity index (χ1n) is 5.68. The lowest BCUT2D eigenvalue weighted by atomic mass is 10.2. The third-order valence-corrected chi connectivity index (χ3v) is 3.72. The SMILES string of the molecule is Cc1c(Br)cccc1NCC(=O)N(C)C(C)C. The van der Waals surface area contributed by atoms with Gasteiger partial charge in [-0.25, -0.2) is 0 Å². The van der Waals surface area contributed by atoms with E-state index in [2.05, 4.69) is 21.2 Å². The molecule has 1 N–H and O–H groups in total. The largest absolute Gasteiger partial charge is 0.376 e. The number of carbonyl (C=O) groups excluding carboxylic acids is 1. The van der Waals surface area contributed by atoms with Gasteiger partial charge in [0.2, 0.25) is 5.91 Å². The molecule has 0 aliphatic heterocycles. The van der Waals surface area contributed by atoms with Crippen molar-refractivity contribution >= 4 is 27.5 Å². The van der Waals surface area contributed by atoms with Gasteiger partial charge in [0.05, 0.1) is 6.54 Å². The van der Waals surface area contributed by atoms with Crippen LogP contribution in [0.15, 0.2) is 22.7 Å². The molecule has 0 aromatic heterocycles. The summed E-state index contributed by atoms with van der Waals surface area (Å²) < 4.78 is 1.05. The summed E-state index contributed by atoms with van der Waals surface area (Å²) in [6.07, 6.45) is 0. The zero-order valence-corrected chi connectivity index (χ0v) is 12.3. The normalized spacial score (nSPS) is 10.5. The van der Waals surface area contributed by atoms with E-state index in [1.54, 1.807) is 4.90 Å². The summed E-state index contributed by atoms with van der Waals surface area (Å²) in [7, 11) is 1.82. The fraction of sp³-hybridized carbons (Fsp3) is 0.462. The van der Waals surface area contributed by atoms with E-state index in [-0.39, 0.29) is 11.9 Å². The molecule has 0 radical (unpaired) electrons. The molecule has 0 aliphatic rings. The van der Waals surface area contributed by atoms with Crippen LogP contribution in [0.5, 0.6) is 0 Å². The Morgan fingerprint density at radius 2 is 2.12 bits per heavy atom. The maximum absolute atomic E-state index is 11.8. The minimum absolute atomic E-state index is 0.0966. The zero-order valence-electron chi connectivity index (χ0n) is 10.7. The van der Waals surface area contributed by atoms with Crippen LogP contribution in [0.4, 0.5) is 5.69 Å². The van der Waals surface area contributed by atoms with E-state index < -0.39 is 0 Å². The van der Waals surface area contributed by atoms with Gasteiger partial charge in [0.15, 0.2) is 0 Å². The van der Waals surface area contributed by atoms with Gasteiger partial charge < -0.3 is 10.2 Å². The molecule has 1 aromatic carbocycles. The van der Waals surface area contributed by atoms with Crippen LogP contribution >= 0.6 is 15.9 Å². The minimum Gasteiger partial charge on any atom is -0.376 e. The van der Waals surface area contributed by atoms with Crippen LogP contribution < -0.4 is 5.32 Å². The number of hydrogen-bond donors (Lipinski definition) is 1. The quantitative estimate of drug-likeness (QED) is 0.927. The Morgan fingerprint density at radius 3 is 2.71 bits per heavy atom. The van der Waals surface area contributed by atoms with Gasteiger partial charge in [-0.2, -0.15) is 0 Å². The Balaban J connectivity index is 2.62. The fourth-order valence-corrected chi connectivity index (χ4v) is 1.75. The number of likely N-dealkylation sites (N-methyl/N-ethyl adjacent to an activating group) is 1. The number of nitrogens with zero attached hydrogens (tertiary/aromatic N) is 1. The molecule has 0 aliphatic carbocycles. The third-order valence-electron chi connectivity index (χ3n) is 2.87.